The number of piperidine rings is 1. The molecule has 1 aromatic carbocycles. The molecule has 1 saturated heterocycles. The van der Waals surface area contributed by atoms with E-state index in [1.807, 2.05) is 11.0 Å². The SMILES string of the molecule is NC1(C(=O)NCC(=O)N2CCC(Cc3ccccc3)CC2)CC1. The predicted octanol–water partition coefficient (Wildman–Crippen LogP) is 1.08. The van der Waals surface area contributed by atoms with Gasteiger partial charge in [-0.2, -0.15) is 0 Å². The summed E-state index contributed by atoms with van der Waals surface area (Å²) in [6.45, 7) is 1.63. The zero-order chi connectivity index (χ0) is 16.3. The maximum Gasteiger partial charge on any atom is 0.241 e. The topological polar surface area (TPSA) is 75.4 Å². The maximum atomic E-state index is 12.2. The molecule has 5 nitrogen and oxygen atoms in total. The predicted molar refractivity (Wildman–Crippen MR) is 88.6 cm³/mol. The van der Waals surface area contributed by atoms with Crippen LogP contribution in [0.2, 0.25) is 0 Å². The van der Waals surface area contributed by atoms with Gasteiger partial charge in [-0.25, -0.2) is 0 Å². The first-order chi connectivity index (χ1) is 11.1. The highest BCUT2D eigenvalue weighted by atomic mass is 16.2. The van der Waals surface area contributed by atoms with Gasteiger partial charge in [0.25, 0.3) is 0 Å². The Kier molecular flexibility index (Phi) is 4.66. The molecule has 0 radical (unpaired) electrons. The molecular formula is C18H25N3O2. The molecule has 1 aliphatic heterocycles. The largest absolute Gasteiger partial charge is 0.345 e. The van der Waals surface area contributed by atoms with Gasteiger partial charge in [-0.3, -0.25) is 9.59 Å². The van der Waals surface area contributed by atoms with Gasteiger partial charge in [0.05, 0.1) is 12.1 Å². The number of carbonyl (C=O) groups excluding carboxylic acids is 2. The van der Waals surface area contributed by atoms with Gasteiger partial charge in [-0.05, 0) is 43.6 Å². The van der Waals surface area contributed by atoms with Crippen LogP contribution in [0.3, 0.4) is 0 Å². The van der Waals surface area contributed by atoms with Gasteiger partial charge in [0.15, 0.2) is 0 Å². The first-order valence-electron chi connectivity index (χ1n) is 8.46. The van der Waals surface area contributed by atoms with E-state index in [9.17, 15) is 9.59 Å². The van der Waals surface area contributed by atoms with Crippen molar-refractivity contribution in [2.75, 3.05) is 19.6 Å². The molecule has 1 aliphatic carbocycles. The summed E-state index contributed by atoms with van der Waals surface area (Å²) in [5, 5.41) is 2.68. The molecular weight excluding hydrogens is 290 g/mol. The van der Waals surface area contributed by atoms with Gasteiger partial charge >= 0.3 is 0 Å². The van der Waals surface area contributed by atoms with Crippen molar-refractivity contribution in [3.8, 4) is 0 Å². The normalized spacial score (nSPS) is 20.1. The van der Waals surface area contributed by atoms with Crippen LogP contribution >= 0.6 is 0 Å². The fourth-order valence-electron chi connectivity index (χ4n) is 3.14. The van der Waals surface area contributed by atoms with E-state index >= 15 is 0 Å². The summed E-state index contributed by atoms with van der Waals surface area (Å²) in [6, 6.07) is 10.5. The third kappa shape index (κ3) is 4.10. The first-order valence-corrected chi connectivity index (χ1v) is 8.46. The zero-order valence-electron chi connectivity index (χ0n) is 13.5. The Bertz CT molecular complexity index is 561. The number of hydrogen-bond acceptors (Lipinski definition) is 3. The van der Waals surface area contributed by atoms with Crippen LogP contribution in [-0.4, -0.2) is 41.9 Å². The van der Waals surface area contributed by atoms with Gasteiger partial charge in [0, 0.05) is 13.1 Å². The summed E-state index contributed by atoms with van der Waals surface area (Å²) in [5.74, 6) is 0.445. The third-order valence-electron chi connectivity index (χ3n) is 4.98. The number of nitrogens with one attached hydrogen (secondary N) is 1. The molecule has 1 saturated carbocycles. The summed E-state index contributed by atoms with van der Waals surface area (Å²) in [7, 11) is 0. The van der Waals surface area contributed by atoms with Gasteiger partial charge in [0.2, 0.25) is 11.8 Å². The van der Waals surface area contributed by atoms with Gasteiger partial charge in [0.1, 0.15) is 0 Å². The lowest BCUT2D eigenvalue weighted by molar-refractivity contribution is -0.134. The number of benzene rings is 1. The number of hydrogen-bond donors (Lipinski definition) is 2. The average molecular weight is 315 g/mol. The van der Waals surface area contributed by atoms with Crippen molar-refractivity contribution < 1.29 is 9.59 Å². The Hall–Kier alpha value is -1.88. The second-order valence-corrected chi connectivity index (χ2v) is 6.85. The molecule has 0 bridgehead atoms. The second-order valence-electron chi connectivity index (χ2n) is 6.85. The number of carbonyl (C=O) groups is 2. The third-order valence-corrected chi connectivity index (χ3v) is 4.98. The first kappa shape index (κ1) is 16.0. The van der Waals surface area contributed by atoms with E-state index in [0.29, 0.717) is 5.92 Å². The molecule has 1 heterocycles. The Labute approximate surface area is 137 Å². The maximum absolute atomic E-state index is 12.2. The average Bonchev–Trinajstić information content (AvgIpc) is 3.33. The van der Waals surface area contributed by atoms with Crippen molar-refractivity contribution in [3.05, 3.63) is 35.9 Å². The lowest BCUT2D eigenvalue weighted by Crippen LogP contribution is -2.48. The van der Waals surface area contributed by atoms with E-state index in [1.54, 1.807) is 0 Å². The number of amides is 2. The lowest BCUT2D eigenvalue weighted by Gasteiger charge is -2.32. The van der Waals surface area contributed by atoms with Crippen molar-refractivity contribution >= 4 is 11.8 Å². The van der Waals surface area contributed by atoms with Crippen LogP contribution in [-0.2, 0) is 16.0 Å². The van der Waals surface area contributed by atoms with Gasteiger partial charge in [-0.15, -0.1) is 0 Å². The number of nitrogens with zero attached hydrogens (tertiary/aromatic N) is 1. The molecule has 0 atom stereocenters. The molecule has 5 heteroatoms. The quantitative estimate of drug-likeness (QED) is 0.853. The van der Waals surface area contributed by atoms with E-state index in [4.69, 9.17) is 5.73 Å². The standard InChI is InChI=1S/C18H25N3O2/c19-18(8-9-18)17(23)20-13-16(22)21-10-6-15(7-11-21)12-14-4-2-1-3-5-14/h1-5,15H,6-13,19H2,(H,20,23). The molecule has 0 aromatic heterocycles. The van der Waals surface area contributed by atoms with Crippen molar-refractivity contribution in [3.63, 3.8) is 0 Å². The molecule has 1 aromatic rings. The Morgan fingerprint density at radius 1 is 1.17 bits per heavy atom. The van der Waals surface area contributed by atoms with E-state index in [0.717, 1.165) is 45.2 Å². The molecule has 3 N–H and O–H groups in total. The van der Waals surface area contributed by atoms with Crippen molar-refractivity contribution in [2.24, 2.45) is 11.7 Å². The van der Waals surface area contributed by atoms with Gasteiger partial charge in [-0.1, -0.05) is 30.3 Å². The minimum Gasteiger partial charge on any atom is -0.345 e. The summed E-state index contributed by atoms with van der Waals surface area (Å²) in [6.07, 6.45) is 4.57. The molecule has 2 aliphatic rings. The van der Waals surface area contributed by atoms with Crippen molar-refractivity contribution in [1.82, 2.24) is 10.2 Å². The van der Waals surface area contributed by atoms with Crippen molar-refractivity contribution in [2.45, 2.75) is 37.6 Å². The van der Waals surface area contributed by atoms with Crippen LogP contribution in [0.4, 0.5) is 0 Å². The van der Waals surface area contributed by atoms with Crippen LogP contribution in [0.1, 0.15) is 31.2 Å². The number of nitrogens with two attached hydrogens (primary N) is 1. The highest BCUT2D eigenvalue weighted by Gasteiger charge is 2.45. The Morgan fingerprint density at radius 3 is 2.43 bits per heavy atom. The molecule has 23 heavy (non-hydrogen) atoms. The number of likely N-dealkylation sites (tertiary alicyclic amines) is 1. The van der Waals surface area contributed by atoms with E-state index in [2.05, 4.69) is 29.6 Å². The zero-order valence-corrected chi connectivity index (χ0v) is 13.5. The van der Waals surface area contributed by atoms with Gasteiger partial charge < -0.3 is 16.0 Å². The fourth-order valence-corrected chi connectivity index (χ4v) is 3.14. The van der Waals surface area contributed by atoms with Crippen LogP contribution in [0.25, 0.3) is 0 Å². The minimum absolute atomic E-state index is 0.000705. The molecule has 2 fully saturated rings. The highest BCUT2D eigenvalue weighted by molar-refractivity contribution is 5.92. The second kappa shape index (κ2) is 6.71. The molecule has 124 valence electrons. The summed E-state index contributed by atoms with van der Waals surface area (Å²) in [4.78, 5) is 25.8. The molecule has 2 amide bonds. The van der Waals surface area contributed by atoms with Crippen LogP contribution in [0.5, 0.6) is 0 Å². The lowest BCUT2D eigenvalue weighted by atomic mass is 9.90. The molecule has 3 rings (SSSR count). The van der Waals surface area contributed by atoms with E-state index in [1.165, 1.54) is 5.56 Å². The summed E-state index contributed by atoms with van der Waals surface area (Å²) < 4.78 is 0. The molecule has 0 unspecified atom stereocenters. The van der Waals surface area contributed by atoms with Crippen LogP contribution < -0.4 is 11.1 Å². The minimum atomic E-state index is -0.705. The van der Waals surface area contributed by atoms with Crippen molar-refractivity contribution in [1.29, 1.82) is 0 Å². The smallest absolute Gasteiger partial charge is 0.241 e. The monoisotopic (exact) mass is 315 g/mol. The van der Waals surface area contributed by atoms with E-state index < -0.39 is 5.54 Å². The highest BCUT2D eigenvalue weighted by Crippen LogP contribution is 2.32. The fraction of sp³-hybridized carbons (Fsp3) is 0.556. The summed E-state index contributed by atoms with van der Waals surface area (Å²) >= 11 is 0. The Morgan fingerprint density at radius 2 is 1.83 bits per heavy atom. The van der Waals surface area contributed by atoms with Crippen LogP contribution in [0.15, 0.2) is 30.3 Å². The Balaban J connectivity index is 1.40. The van der Waals surface area contributed by atoms with E-state index in [-0.39, 0.29) is 18.4 Å². The van der Waals surface area contributed by atoms with Crippen LogP contribution in [0, 0.1) is 5.92 Å². The summed E-state index contributed by atoms with van der Waals surface area (Å²) in [5.41, 5.74) is 6.47. The molecule has 0 spiro atoms. The number of rotatable bonds is 5.